The molecule has 1 N–H and O–H groups in total. The van der Waals surface area contributed by atoms with Gasteiger partial charge in [0.2, 0.25) is 0 Å². The van der Waals surface area contributed by atoms with Crippen molar-refractivity contribution in [3.8, 4) is 0 Å². The van der Waals surface area contributed by atoms with Crippen LogP contribution in [-0.2, 0) is 7.05 Å². The third kappa shape index (κ3) is 2.08. The van der Waals surface area contributed by atoms with Crippen LogP contribution < -0.4 is 5.32 Å². The second-order valence-corrected chi connectivity index (χ2v) is 4.35. The molecule has 0 aliphatic heterocycles. The van der Waals surface area contributed by atoms with E-state index in [4.69, 9.17) is 0 Å². The van der Waals surface area contributed by atoms with E-state index < -0.39 is 0 Å². The molecule has 3 rings (SSSR count). The van der Waals surface area contributed by atoms with Crippen molar-refractivity contribution in [3.63, 3.8) is 0 Å². The van der Waals surface area contributed by atoms with Crippen LogP contribution in [0.1, 0.15) is 10.4 Å². The molecule has 2 aromatic heterocycles. The maximum atomic E-state index is 12.3. The fourth-order valence-electron chi connectivity index (χ4n) is 2.11. The van der Waals surface area contributed by atoms with Crippen molar-refractivity contribution in [2.24, 2.45) is 7.05 Å². The summed E-state index contributed by atoms with van der Waals surface area (Å²) < 4.78 is 1.86. The highest BCUT2D eigenvalue weighted by atomic mass is 16.1. The minimum Gasteiger partial charge on any atom is -0.335 e. The number of carbonyl (C=O) groups is 1. The van der Waals surface area contributed by atoms with Crippen molar-refractivity contribution in [3.05, 3.63) is 60.4 Å². The number of hydrogen-bond acceptors (Lipinski definition) is 2. The number of fused-ring (bicyclic) bond motifs is 1. The summed E-state index contributed by atoms with van der Waals surface area (Å²) in [5.74, 6) is -0.121. The Morgan fingerprint density at radius 3 is 2.74 bits per heavy atom. The van der Waals surface area contributed by atoms with Gasteiger partial charge in [-0.2, -0.15) is 0 Å². The van der Waals surface area contributed by atoms with Crippen LogP contribution in [0.5, 0.6) is 0 Å². The van der Waals surface area contributed by atoms with E-state index in [0.29, 0.717) is 5.56 Å². The van der Waals surface area contributed by atoms with Crippen LogP contribution in [-0.4, -0.2) is 15.5 Å². The molecule has 0 saturated heterocycles. The molecule has 3 aromatic rings. The average molecular weight is 251 g/mol. The summed E-state index contributed by atoms with van der Waals surface area (Å²) in [5.41, 5.74) is 2.23. The lowest BCUT2D eigenvalue weighted by Gasteiger charge is -2.03. The minimum atomic E-state index is -0.121. The highest BCUT2D eigenvalue weighted by Gasteiger charge is 2.14. The lowest BCUT2D eigenvalue weighted by Crippen LogP contribution is -2.11. The molecule has 0 spiro atoms. The highest BCUT2D eigenvalue weighted by Crippen LogP contribution is 2.19. The fourth-order valence-corrected chi connectivity index (χ4v) is 2.11. The van der Waals surface area contributed by atoms with Gasteiger partial charge in [0.15, 0.2) is 0 Å². The molecule has 0 aliphatic rings. The molecule has 0 unspecified atom stereocenters. The highest BCUT2D eigenvalue weighted by molar-refractivity contribution is 6.12. The number of anilines is 1. The summed E-state index contributed by atoms with van der Waals surface area (Å²) in [4.78, 5) is 16.6. The number of hydrogen-bond donors (Lipinski definition) is 1. The van der Waals surface area contributed by atoms with E-state index in [1.165, 1.54) is 0 Å². The van der Waals surface area contributed by atoms with E-state index in [0.717, 1.165) is 16.7 Å². The van der Waals surface area contributed by atoms with E-state index in [2.05, 4.69) is 10.3 Å². The number of pyridine rings is 1. The topological polar surface area (TPSA) is 46.9 Å². The predicted molar refractivity (Wildman–Crippen MR) is 75.1 cm³/mol. The van der Waals surface area contributed by atoms with Gasteiger partial charge in [-0.25, -0.2) is 4.98 Å². The molecule has 4 nitrogen and oxygen atoms in total. The maximum Gasteiger partial charge on any atom is 0.257 e. The zero-order valence-electron chi connectivity index (χ0n) is 10.5. The molecular weight excluding hydrogens is 238 g/mol. The second-order valence-electron chi connectivity index (χ2n) is 4.35. The van der Waals surface area contributed by atoms with Gasteiger partial charge in [-0.1, -0.05) is 18.2 Å². The van der Waals surface area contributed by atoms with Crippen molar-refractivity contribution >= 4 is 22.6 Å². The molecule has 1 amide bonds. The van der Waals surface area contributed by atoms with Gasteiger partial charge >= 0.3 is 0 Å². The van der Waals surface area contributed by atoms with Gasteiger partial charge in [-0.15, -0.1) is 0 Å². The van der Waals surface area contributed by atoms with Crippen LogP contribution in [0.4, 0.5) is 5.69 Å². The molecule has 0 fully saturated rings. The quantitative estimate of drug-likeness (QED) is 0.761. The number of aryl methyl sites for hydroxylation is 1. The number of carbonyl (C=O) groups excluding carboxylic acids is 1. The molecule has 2 heterocycles. The fraction of sp³-hybridized carbons (Fsp3) is 0.0667. The molecule has 0 radical (unpaired) electrons. The molecule has 19 heavy (non-hydrogen) atoms. The predicted octanol–water partition coefficient (Wildman–Crippen LogP) is 2.83. The third-order valence-electron chi connectivity index (χ3n) is 3.01. The van der Waals surface area contributed by atoms with E-state index in [9.17, 15) is 4.79 Å². The third-order valence-corrected chi connectivity index (χ3v) is 3.01. The zero-order valence-corrected chi connectivity index (χ0v) is 10.5. The normalized spacial score (nSPS) is 10.6. The summed E-state index contributed by atoms with van der Waals surface area (Å²) >= 11 is 0. The summed E-state index contributed by atoms with van der Waals surface area (Å²) in [5, 5.41) is 3.74. The van der Waals surface area contributed by atoms with Crippen LogP contribution in [0.25, 0.3) is 11.0 Å². The van der Waals surface area contributed by atoms with Crippen molar-refractivity contribution in [2.45, 2.75) is 0 Å². The lowest BCUT2D eigenvalue weighted by atomic mass is 10.2. The van der Waals surface area contributed by atoms with E-state index >= 15 is 0 Å². The summed E-state index contributed by atoms with van der Waals surface area (Å²) in [7, 11) is 1.88. The van der Waals surface area contributed by atoms with Gasteiger partial charge in [0.1, 0.15) is 5.65 Å². The first-order valence-electron chi connectivity index (χ1n) is 6.02. The molecule has 94 valence electrons. The Morgan fingerprint density at radius 1 is 1.16 bits per heavy atom. The molecule has 4 heteroatoms. The van der Waals surface area contributed by atoms with E-state index in [1.54, 1.807) is 12.4 Å². The van der Waals surface area contributed by atoms with Crippen LogP contribution in [0.2, 0.25) is 0 Å². The van der Waals surface area contributed by atoms with Crippen LogP contribution >= 0.6 is 0 Å². The van der Waals surface area contributed by atoms with E-state index in [-0.39, 0.29) is 5.91 Å². The molecule has 0 aliphatic carbocycles. The van der Waals surface area contributed by atoms with Crippen molar-refractivity contribution in [1.29, 1.82) is 0 Å². The van der Waals surface area contributed by atoms with Crippen molar-refractivity contribution in [1.82, 2.24) is 9.55 Å². The van der Waals surface area contributed by atoms with Crippen molar-refractivity contribution < 1.29 is 4.79 Å². The second kappa shape index (κ2) is 4.57. The number of nitrogens with zero attached hydrogens (tertiary/aromatic N) is 2. The molecule has 1 aromatic carbocycles. The Kier molecular flexibility index (Phi) is 2.76. The zero-order chi connectivity index (χ0) is 13.2. The first-order chi connectivity index (χ1) is 9.25. The van der Waals surface area contributed by atoms with Crippen LogP contribution in [0.3, 0.4) is 0 Å². The van der Waals surface area contributed by atoms with Crippen molar-refractivity contribution in [2.75, 3.05) is 5.32 Å². The van der Waals surface area contributed by atoms with Crippen LogP contribution in [0, 0.1) is 0 Å². The number of para-hydroxylation sites is 1. The first-order valence-corrected chi connectivity index (χ1v) is 6.02. The molecule has 0 bridgehead atoms. The number of amides is 1. The van der Waals surface area contributed by atoms with E-state index in [1.807, 2.05) is 54.1 Å². The smallest absolute Gasteiger partial charge is 0.257 e. The Balaban J connectivity index is 1.98. The van der Waals surface area contributed by atoms with Gasteiger partial charge in [-0.05, 0) is 24.3 Å². The monoisotopic (exact) mass is 251 g/mol. The Labute approximate surface area is 110 Å². The number of rotatable bonds is 2. The molecule has 0 atom stereocenters. The Morgan fingerprint density at radius 2 is 1.95 bits per heavy atom. The standard InChI is InChI=1S/C15H13N3O/c1-18-10-13(12-8-5-9-16-14(12)18)15(19)17-11-6-3-2-4-7-11/h2-10H,1H3,(H,17,19). The average Bonchev–Trinajstić information content (AvgIpc) is 2.78. The SMILES string of the molecule is Cn1cc(C(=O)Nc2ccccc2)c2cccnc21. The molecule has 0 saturated carbocycles. The number of nitrogens with one attached hydrogen (secondary N) is 1. The number of benzene rings is 1. The first kappa shape index (κ1) is 11.5. The summed E-state index contributed by atoms with van der Waals surface area (Å²) in [6, 6.07) is 13.2. The maximum absolute atomic E-state index is 12.3. The number of aromatic nitrogens is 2. The van der Waals surface area contributed by atoms with Gasteiger partial charge < -0.3 is 9.88 Å². The van der Waals surface area contributed by atoms with Gasteiger partial charge in [0.25, 0.3) is 5.91 Å². The minimum absolute atomic E-state index is 0.121. The summed E-state index contributed by atoms with van der Waals surface area (Å²) in [6.07, 6.45) is 3.52. The van der Waals surface area contributed by atoms with Gasteiger partial charge in [-0.3, -0.25) is 4.79 Å². The molecular formula is C15H13N3O. The Bertz CT molecular complexity index is 731. The Hall–Kier alpha value is -2.62. The largest absolute Gasteiger partial charge is 0.335 e. The lowest BCUT2D eigenvalue weighted by molar-refractivity contribution is 0.102. The van der Waals surface area contributed by atoms with Gasteiger partial charge in [0, 0.05) is 30.5 Å². The van der Waals surface area contributed by atoms with Gasteiger partial charge in [0.05, 0.1) is 5.56 Å². The summed E-state index contributed by atoms with van der Waals surface area (Å²) in [6.45, 7) is 0. The van der Waals surface area contributed by atoms with Crippen LogP contribution in [0.15, 0.2) is 54.9 Å².